The molecule has 2 aromatic carbocycles. The minimum absolute atomic E-state index is 0.121. The van der Waals surface area contributed by atoms with Gasteiger partial charge in [0.05, 0.1) is 10.4 Å². The Kier molecular flexibility index (Phi) is 5.08. The van der Waals surface area contributed by atoms with Crippen molar-refractivity contribution >= 4 is 39.1 Å². The lowest BCUT2D eigenvalue weighted by Crippen LogP contribution is -2.01. The van der Waals surface area contributed by atoms with Crippen molar-refractivity contribution in [3.63, 3.8) is 0 Å². The van der Waals surface area contributed by atoms with E-state index in [2.05, 4.69) is 15.9 Å². The summed E-state index contributed by atoms with van der Waals surface area (Å²) in [6, 6.07) is 10.1. The molecule has 0 heterocycles. The number of para-hydroxylation sites is 1. The highest BCUT2D eigenvalue weighted by Crippen LogP contribution is 2.31. The molecule has 5 heteroatoms. The number of alkyl halides is 1. The predicted octanol–water partition coefficient (Wildman–Crippen LogP) is 5.56. The average molecular weight is 364 g/mol. The molecule has 0 bridgehead atoms. The van der Waals surface area contributed by atoms with E-state index in [-0.39, 0.29) is 12.4 Å². The monoisotopic (exact) mass is 362 g/mol. The van der Waals surface area contributed by atoms with Gasteiger partial charge in [-0.1, -0.05) is 29.8 Å². The molecule has 0 unspecified atom stereocenters. The Morgan fingerprint density at radius 3 is 2.63 bits per heavy atom. The molecule has 0 fully saturated rings. The smallest absolute Gasteiger partial charge is 0.138 e. The van der Waals surface area contributed by atoms with Crippen LogP contribution in [0.4, 0.5) is 4.39 Å². The zero-order chi connectivity index (χ0) is 13.8. The fourth-order valence-electron chi connectivity index (χ4n) is 1.61. The maximum atomic E-state index is 13.6. The summed E-state index contributed by atoms with van der Waals surface area (Å²) in [5.41, 5.74) is 1.30. The zero-order valence-electron chi connectivity index (χ0n) is 9.80. The summed E-state index contributed by atoms with van der Waals surface area (Å²) in [4.78, 5) is 0. The fourth-order valence-corrected chi connectivity index (χ4v) is 2.50. The van der Waals surface area contributed by atoms with E-state index in [0.29, 0.717) is 22.2 Å². The van der Waals surface area contributed by atoms with Gasteiger partial charge in [-0.25, -0.2) is 4.39 Å². The lowest BCUT2D eigenvalue weighted by atomic mass is 10.2. The Morgan fingerprint density at radius 1 is 1.16 bits per heavy atom. The second-order valence-corrected chi connectivity index (χ2v) is 5.44. The van der Waals surface area contributed by atoms with Crippen LogP contribution in [0, 0.1) is 5.82 Å². The summed E-state index contributed by atoms with van der Waals surface area (Å²) in [7, 11) is 0. The van der Waals surface area contributed by atoms with Crippen LogP contribution < -0.4 is 4.74 Å². The molecule has 0 N–H and O–H groups in total. The Bertz CT molecular complexity index is 590. The summed E-state index contributed by atoms with van der Waals surface area (Å²) in [6.45, 7) is 0.121. The van der Waals surface area contributed by atoms with Crippen molar-refractivity contribution in [2.24, 2.45) is 0 Å². The van der Waals surface area contributed by atoms with Crippen molar-refractivity contribution in [2.75, 3.05) is 0 Å². The number of rotatable bonds is 4. The van der Waals surface area contributed by atoms with Crippen molar-refractivity contribution in [2.45, 2.75) is 12.5 Å². The van der Waals surface area contributed by atoms with Crippen LogP contribution in [0.25, 0.3) is 0 Å². The van der Waals surface area contributed by atoms with Crippen molar-refractivity contribution < 1.29 is 9.13 Å². The van der Waals surface area contributed by atoms with Gasteiger partial charge in [0.1, 0.15) is 18.2 Å². The molecule has 0 amide bonds. The summed E-state index contributed by atoms with van der Waals surface area (Å²) in [5, 5.41) is 0.364. The topological polar surface area (TPSA) is 9.23 Å². The Morgan fingerprint density at radius 2 is 1.95 bits per heavy atom. The number of hydrogen-bond donors (Lipinski definition) is 0. The van der Waals surface area contributed by atoms with Gasteiger partial charge in [-0.3, -0.25) is 0 Å². The van der Waals surface area contributed by atoms with Gasteiger partial charge in [0, 0.05) is 16.1 Å². The molecular formula is C14H10BrCl2FO. The van der Waals surface area contributed by atoms with Crippen LogP contribution in [-0.2, 0) is 12.5 Å². The molecular weight excluding hydrogens is 354 g/mol. The normalized spacial score (nSPS) is 10.5. The Labute approximate surface area is 129 Å². The molecule has 0 spiro atoms. The maximum Gasteiger partial charge on any atom is 0.138 e. The first kappa shape index (κ1) is 14.6. The van der Waals surface area contributed by atoms with E-state index in [1.807, 2.05) is 18.2 Å². The van der Waals surface area contributed by atoms with Crippen LogP contribution in [-0.4, -0.2) is 0 Å². The summed E-state index contributed by atoms with van der Waals surface area (Å²) in [5.74, 6) is 0.580. The number of halogens is 4. The first-order valence-corrected chi connectivity index (χ1v) is 7.22. The number of hydrogen-bond acceptors (Lipinski definition) is 1. The SMILES string of the molecule is Fc1cc(Cl)ccc1COc1c(Br)cccc1CCl. The van der Waals surface area contributed by atoms with Crippen LogP contribution in [0.2, 0.25) is 5.02 Å². The van der Waals surface area contributed by atoms with Crippen LogP contribution >= 0.6 is 39.1 Å². The Balaban J connectivity index is 2.19. The molecule has 0 saturated heterocycles. The van der Waals surface area contributed by atoms with Crippen LogP contribution in [0.5, 0.6) is 5.75 Å². The fraction of sp³-hybridized carbons (Fsp3) is 0.143. The minimum Gasteiger partial charge on any atom is -0.487 e. The molecule has 0 saturated carbocycles. The lowest BCUT2D eigenvalue weighted by molar-refractivity contribution is 0.295. The second-order valence-electron chi connectivity index (χ2n) is 3.89. The van der Waals surface area contributed by atoms with E-state index in [4.69, 9.17) is 27.9 Å². The first-order chi connectivity index (χ1) is 9.11. The second kappa shape index (κ2) is 6.60. The highest BCUT2D eigenvalue weighted by Gasteiger charge is 2.09. The van der Waals surface area contributed by atoms with Crippen molar-refractivity contribution in [1.82, 2.24) is 0 Å². The minimum atomic E-state index is -0.382. The average Bonchev–Trinajstić information content (AvgIpc) is 2.39. The largest absolute Gasteiger partial charge is 0.487 e. The van der Waals surface area contributed by atoms with Crippen molar-refractivity contribution in [3.05, 3.63) is 62.8 Å². The van der Waals surface area contributed by atoms with Gasteiger partial charge in [0.25, 0.3) is 0 Å². The van der Waals surface area contributed by atoms with Crippen LogP contribution in [0.3, 0.4) is 0 Å². The van der Waals surface area contributed by atoms with E-state index in [1.54, 1.807) is 12.1 Å². The highest BCUT2D eigenvalue weighted by atomic mass is 79.9. The van der Waals surface area contributed by atoms with Crippen molar-refractivity contribution in [3.8, 4) is 5.75 Å². The van der Waals surface area contributed by atoms with E-state index >= 15 is 0 Å². The van der Waals surface area contributed by atoms with E-state index in [0.717, 1.165) is 10.0 Å². The molecule has 100 valence electrons. The van der Waals surface area contributed by atoms with E-state index in [9.17, 15) is 4.39 Å². The summed E-state index contributed by atoms with van der Waals surface area (Å²) < 4.78 is 20.1. The standard InChI is InChI=1S/C14H10BrCl2FO/c15-12-3-1-2-9(7-16)14(12)19-8-10-4-5-11(17)6-13(10)18/h1-6H,7-8H2. The van der Waals surface area contributed by atoms with Gasteiger partial charge in [-0.2, -0.15) is 0 Å². The molecule has 0 atom stereocenters. The van der Waals surface area contributed by atoms with Gasteiger partial charge in [-0.05, 0) is 34.1 Å². The van der Waals surface area contributed by atoms with Gasteiger partial charge in [0.15, 0.2) is 0 Å². The first-order valence-electron chi connectivity index (χ1n) is 5.52. The third kappa shape index (κ3) is 3.62. The predicted molar refractivity (Wildman–Crippen MR) is 79.4 cm³/mol. The van der Waals surface area contributed by atoms with Gasteiger partial charge in [-0.15, -0.1) is 11.6 Å². The molecule has 1 nitrogen and oxygen atoms in total. The van der Waals surface area contributed by atoms with E-state index in [1.165, 1.54) is 6.07 Å². The maximum absolute atomic E-state index is 13.6. The van der Waals surface area contributed by atoms with Gasteiger partial charge < -0.3 is 4.74 Å². The molecule has 0 aliphatic heterocycles. The third-order valence-corrected chi connectivity index (χ3v) is 3.73. The number of benzene rings is 2. The van der Waals surface area contributed by atoms with Crippen LogP contribution in [0.15, 0.2) is 40.9 Å². The molecule has 0 aromatic heterocycles. The summed E-state index contributed by atoms with van der Waals surface area (Å²) in [6.07, 6.45) is 0. The van der Waals surface area contributed by atoms with Gasteiger partial charge >= 0.3 is 0 Å². The molecule has 0 aliphatic carbocycles. The quantitative estimate of drug-likeness (QED) is 0.646. The van der Waals surface area contributed by atoms with Crippen LogP contribution in [0.1, 0.15) is 11.1 Å². The molecule has 19 heavy (non-hydrogen) atoms. The van der Waals surface area contributed by atoms with E-state index < -0.39 is 0 Å². The number of ether oxygens (including phenoxy) is 1. The lowest BCUT2D eigenvalue weighted by Gasteiger charge is -2.12. The molecule has 2 rings (SSSR count). The molecule has 0 radical (unpaired) electrons. The van der Waals surface area contributed by atoms with Gasteiger partial charge in [0.2, 0.25) is 0 Å². The van der Waals surface area contributed by atoms with Crippen molar-refractivity contribution in [1.29, 1.82) is 0 Å². The third-order valence-electron chi connectivity index (χ3n) is 2.58. The highest BCUT2D eigenvalue weighted by molar-refractivity contribution is 9.10. The molecule has 0 aliphatic rings. The summed E-state index contributed by atoms with van der Waals surface area (Å²) >= 11 is 14.9. The molecule has 2 aromatic rings. The zero-order valence-corrected chi connectivity index (χ0v) is 12.9. The Hall–Kier alpha value is -0.770.